The second kappa shape index (κ2) is 7.58. The van der Waals surface area contributed by atoms with Gasteiger partial charge in [0.15, 0.2) is 10.9 Å². The van der Waals surface area contributed by atoms with Gasteiger partial charge in [-0.15, -0.1) is 22.7 Å². The van der Waals surface area contributed by atoms with Gasteiger partial charge in [0, 0.05) is 67.3 Å². The van der Waals surface area contributed by atoms with Crippen LogP contribution in [0.25, 0.3) is 94.7 Å². The van der Waals surface area contributed by atoms with E-state index in [0.29, 0.717) is 43.6 Å². The zero-order chi connectivity index (χ0) is 29.0. The van der Waals surface area contributed by atoms with E-state index in [2.05, 4.69) is 24.3 Å². The van der Waals surface area contributed by atoms with Gasteiger partial charge < -0.3 is 0 Å². The third kappa shape index (κ3) is 2.57. The molecule has 0 spiro atoms. The summed E-state index contributed by atoms with van der Waals surface area (Å²) in [5.41, 5.74) is 1.77. The van der Waals surface area contributed by atoms with Crippen LogP contribution in [0.15, 0.2) is 111 Å². The second-order valence-corrected chi connectivity index (χ2v) is 13.7. The summed E-state index contributed by atoms with van der Waals surface area (Å²) < 4.78 is 7.71. The average molecular weight is 601 g/mol. The minimum atomic E-state index is -0.293. The Hall–Kier alpha value is -5.37. The van der Waals surface area contributed by atoms with Crippen LogP contribution in [-0.4, -0.2) is 8.80 Å². The maximum Gasteiger partial charge on any atom is 0.338 e. The van der Waals surface area contributed by atoms with E-state index < -0.39 is 0 Å². The maximum atomic E-state index is 15.0. The van der Waals surface area contributed by atoms with Gasteiger partial charge in [0.1, 0.15) is 0 Å². The lowest BCUT2D eigenvalue weighted by Crippen LogP contribution is -2.27. The summed E-state index contributed by atoms with van der Waals surface area (Å²) in [6.07, 6.45) is 0. The molecule has 11 rings (SSSR count). The highest BCUT2D eigenvalue weighted by molar-refractivity contribution is 7.26. The lowest BCUT2D eigenvalue weighted by molar-refractivity contribution is 1.00. The van der Waals surface area contributed by atoms with Crippen molar-refractivity contribution in [3.05, 3.63) is 128 Å². The van der Waals surface area contributed by atoms with E-state index in [1.807, 2.05) is 72.8 Å². The summed E-state index contributed by atoms with van der Waals surface area (Å²) in [6, 6.07) is 31.8. The summed E-state index contributed by atoms with van der Waals surface area (Å²) in [5.74, 6) is 0. The van der Waals surface area contributed by atoms with Gasteiger partial charge in [0.2, 0.25) is 0 Å². The molecule has 0 fully saturated rings. The molecule has 6 aromatic carbocycles. The molecular weight excluding hydrogens is 585 g/mol. The molecule has 7 heteroatoms. The minimum Gasteiger partial charge on any atom is -0.288 e. The van der Waals surface area contributed by atoms with E-state index >= 15 is 4.79 Å². The standard InChI is InChI=1S/C37H16N2O3S2/c40-35-20-11-9-17-10-12-21-34-32(17)33(20)38(26-13-22-18-5-1-3-7-28(18)43-30(22)15-24(26)35)37(42)39(34)27-14-23-19-6-2-4-8-29(19)44-31(23)16-25(27)36(21)41/h1-16H. The quantitative estimate of drug-likeness (QED) is 0.130. The van der Waals surface area contributed by atoms with E-state index in [0.717, 1.165) is 51.1 Å². The SMILES string of the molecule is O=c1c2cc3sc4ccccc4c3cc2n2c(=O)n3c4cc5c(cc4c(=O)c4ccc6ccc1c2c6c43)sc1ccccc15. The van der Waals surface area contributed by atoms with Crippen LogP contribution in [0.5, 0.6) is 0 Å². The molecule has 0 saturated carbocycles. The van der Waals surface area contributed by atoms with Crippen LogP contribution < -0.4 is 16.5 Å². The van der Waals surface area contributed by atoms with Crippen LogP contribution >= 0.6 is 22.7 Å². The summed E-state index contributed by atoms with van der Waals surface area (Å²) in [5, 5.41) is 7.83. The Morgan fingerprint density at radius 3 is 1.41 bits per heavy atom. The summed E-state index contributed by atoms with van der Waals surface area (Å²) >= 11 is 3.30. The predicted octanol–water partition coefficient (Wildman–Crippen LogP) is 8.50. The third-order valence-corrected chi connectivity index (χ3v) is 11.7. The van der Waals surface area contributed by atoms with E-state index in [1.54, 1.807) is 31.5 Å². The van der Waals surface area contributed by atoms with Gasteiger partial charge in [-0.2, -0.15) is 0 Å². The number of hydrogen-bond donors (Lipinski definition) is 0. The van der Waals surface area contributed by atoms with Crippen LogP contribution in [0.3, 0.4) is 0 Å². The summed E-state index contributed by atoms with van der Waals surface area (Å²) in [7, 11) is 0. The molecule has 5 heterocycles. The third-order valence-electron chi connectivity index (χ3n) is 9.41. The van der Waals surface area contributed by atoms with Gasteiger partial charge in [-0.3, -0.25) is 18.4 Å². The second-order valence-electron chi connectivity index (χ2n) is 11.6. The van der Waals surface area contributed by atoms with Crippen molar-refractivity contribution in [1.29, 1.82) is 0 Å². The van der Waals surface area contributed by atoms with Crippen molar-refractivity contribution in [2.45, 2.75) is 0 Å². The van der Waals surface area contributed by atoms with Crippen molar-refractivity contribution in [3.8, 4) is 0 Å². The molecular formula is C37H16N2O3S2. The lowest BCUT2D eigenvalue weighted by Gasteiger charge is -2.18. The fraction of sp³-hybridized carbons (Fsp3) is 0. The van der Waals surface area contributed by atoms with Gasteiger partial charge in [-0.1, -0.05) is 48.5 Å². The molecule has 0 bridgehead atoms. The number of fused-ring (bicyclic) bond motifs is 10. The molecule has 5 aromatic heterocycles. The fourth-order valence-electron chi connectivity index (χ4n) is 7.49. The van der Waals surface area contributed by atoms with Gasteiger partial charge >= 0.3 is 5.69 Å². The van der Waals surface area contributed by atoms with E-state index in [-0.39, 0.29) is 16.5 Å². The average Bonchev–Trinajstić information content (AvgIpc) is 3.60. The van der Waals surface area contributed by atoms with Crippen molar-refractivity contribution in [2.75, 3.05) is 0 Å². The Bertz CT molecular complexity index is 3080. The first-order valence-electron chi connectivity index (χ1n) is 14.3. The zero-order valence-corrected chi connectivity index (χ0v) is 24.3. The molecule has 0 radical (unpaired) electrons. The molecule has 204 valence electrons. The molecule has 0 atom stereocenters. The van der Waals surface area contributed by atoms with Crippen molar-refractivity contribution in [3.63, 3.8) is 0 Å². The lowest BCUT2D eigenvalue weighted by atomic mass is 9.98. The van der Waals surface area contributed by atoms with Gasteiger partial charge in [-0.05, 0) is 53.9 Å². The number of benzene rings is 6. The van der Waals surface area contributed by atoms with Crippen molar-refractivity contribution >= 4 is 117 Å². The fourth-order valence-corrected chi connectivity index (χ4v) is 9.75. The molecule has 0 unspecified atom stereocenters. The zero-order valence-electron chi connectivity index (χ0n) is 22.7. The first-order chi connectivity index (χ1) is 21.6. The largest absolute Gasteiger partial charge is 0.338 e. The molecule has 44 heavy (non-hydrogen) atoms. The summed E-state index contributed by atoms with van der Waals surface area (Å²) in [6.45, 7) is 0. The first kappa shape index (κ1) is 23.1. The normalized spacial score (nSPS) is 12.8. The highest BCUT2D eigenvalue weighted by Crippen LogP contribution is 2.40. The van der Waals surface area contributed by atoms with Crippen LogP contribution in [0, 0.1) is 0 Å². The highest BCUT2D eigenvalue weighted by Gasteiger charge is 2.24. The predicted molar refractivity (Wildman–Crippen MR) is 185 cm³/mol. The molecule has 5 nitrogen and oxygen atoms in total. The van der Waals surface area contributed by atoms with Crippen molar-refractivity contribution in [2.24, 2.45) is 0 Å². The highest BCUT2D eigenvalue weighted by atomic mass is 32.1. The number of aromatic nitrogens is 2. The number of rotatable bonds is 0. The van der Waals surface area contributed by atoms with Crippen LogP contribution in [0.4, 0.5) is 0 Å². The molecule has 0 saturated heterocycles. The minimum absolute atomic E-state index is 0.111. The van der Waals surface area contributed by atoms with Crippen molar-refractivity contribution in [1.82, 2.24) is 8.80 Å². The molecule has 0 amide bonds. The monoisotopic (exact) mass is 600 g/mol. The number of nitrogens with zero attached hydrogens (tertiary/aromatic N) is 2. The molecule has 0 aliphatic rings. The summed E-state index contributed by atoms with van der Waals surface area (Å²) in [4.78, 5) is 43.3. The smallest absolute Gasteiger partial charge is 0.288 e. The van der Waals surface area contributed by atoms with Gasteiger partial charge in [0.05, 0.1) is 22.1 Å². The van der Waals surface area contributed by atoms with Gasteiger partial charge in [0.25, 0.3) is 0 Å². The number of hydrogen-bond acceptors (Lipinski definition) is 5. The molecule has 0 N–H and O–H groups in total. The van der Waals surface area contributed by atoms with Crippen LogP contribution in [0.1, 0.15) is 0 Å². The number of thiophene rings is 2. The van der Waals surface area contributed by atoms with Gasteiger partial charge in [-0.25, -0.2) is 4.79 Å². The maximum absolute atomic E-state index is 15.0. The molecule has 0 aliphatic carbocycles. The van der Waals surface area contributed by atoms with Crippen LogP contribution in [0.2, 0.25) is 0 Å². The van der Waals surface area contributed by atoms with E-state index in [9.17, 15) is 9.59 Å². The van der Waals surface area contributed by atoms with Crippen LogP contribution in [-0.2, 0) is 0 Å². The van der Waals surface area contributed by atoms with Crippen molar-refractivity contribution < 1.29 is 0 Å². The van der Waals surface area contributed by atoms with E-state index in [4.69, 9.17) is 0 Å². The Kier molecular flexibility index (Phi) is 3.98. The Balaban J connectivity index is 1.48. The first-order valence-corrected chi connectivity index (χ1v) is 15.9. The Morgan fingerprint density at radius 2 is 0.909 bits per heavy atom. The topological polar surface area (TPSA) is 60.0 Å². The Morgan fingerprint density at radius 1 is 0.432 bits per heavy atom. The Labute approximate surface area is 253 Å². The molecule has 11 aromatic rings. The molecule has 0 aliphatic heterocycles. The van der Waals surface area contributed by atoms with E-state index in [1.165, 1.54) is 0 Å². The number of pyridine rings is 2.